The van der Waals surface area contributed by atoms with Gasteiger partial charge < -0.3 is 9.73 Å². The molecule has 1 saturated carbocycles. The number of rotatable bonds is 4. The van der Waals surface area contributed by atoms with Gasteiger partial charge in [-0.1, -0.05) is 26.7 Å². The molecule has 0 aromatic carbocycles. The summed E-state index contributed by atoms with van der Waals surface area (Å²) < 4.78 is 6.75. The standard InChI is InChI=1S/C14H22BrNO/c1-3-16-13(14-12(15)8-9-17-14)11-6-4-10(2)5-7-11/h8-11,13,16H,3-7H2,1-2H3. The molecule has 0 aliphatic heterocycles. The first-order valence-corrected chi connectivity index (χ1v) is 7.48. The van der Waals surface area contributed by atoms with Crippen LogP contribution in [0.4, 0.5) is 0 Å². The second-order valence-electron chi connectivity index (χ2n) is 5.19. The molecule has 1 aliphatic rings. The molecule has 1 aliphatic carbocycles. The minimum absolute atomic E-state index is 0.372. The van der Waals surface area contributed by atoms with E-state index in [1.165, 1.54) is 25.7 Å². The summed E-state index contributed by atoms with van der Waals surface area (Å²) in [5, 5.41) is 3.59. The van der Waals surface area contributed by atoms with E-state index in [2.05, 4.69) is 35.1 Å². The molecule has 2 nitrogen and oxygen atoms in total. The van der Waals surface area contributed by atoms with Gasteiger partial charge in [-0.25, -0.2) is 0 Å². The highest BCUT2D eigenvalue weighted by molar-refractivity contribution is 9.10. The second-order valence-corrected chi connectivity index (χ2v) is 6.04. The molecule has 17 heavy (non-hydrogen) atoms. The van der Waals surface area contributed by atoms with Crippen molar-refractivity contribution in [1.29, 1.82) is 0 Å². The smallest absolute Gasteiger partial charge is 0.135 e. The molecule has 1 fully saturated rings. The number of halogens is 1. The first-order valence-electron chi connectivity index (χ1n) is 6.68. The summed E-state index contributed by atoms with van der Waals surface area (Å²) in [6.45, 7) is 5.51. The number of furan rings is 1. The van der Waals surface area contributed by atoms with Crippen LogP contribution in [0.25, 0.3) is 0 Å². The fraction of sp³-hybridized carbons (Fsp3) is 0.714. The van der Waals surface area contributed by atoms with Gasteiger partial charge in [0.15, 0.2) is 0 Å². The number of hydrogen-bond acceptors (Lipinski definition) is 2. The van der Waals surface area contributed by atoms with E-state index in [4.69, 9.17) is 4.42 Å². The normalized spacial score (nSPS) is 27.0. The first kappa shape index (κ1) is 13.2. The maximum atomic E-state index is 5.65. The number of nitrogens with one attached hydrogen (secondary N) is 1. The van der Waals surface area contributed by atoms with Crippen LogP contribution in [0, 0.1) is 11.8 Å². The molecule has 0 saturated heterocycles. The summed E-state index contributed by atoms with van der Waals surface area (Å²) in [4.78, 5) is 0. The van der Waals surface area contributed by atoms with Gasteiger partial charge in [-0.15, -0.1) is 0 Å². The Kier molecular flexibility index (Phi) is 4.69. The van der Waals surface area contributed by atoms with E-state index in [-0.39, 0.29) is 0 Å². The average molecular weight is 300 g/mol. The minimum Gasteiger partial charge on any atom is -0.466 e. The van der Waals surface area contributed by atoms with Crippen molar-refractivity contribution in [2.24, 2.45) is 11.8 Å². The van der Waals surface area contributed by atoms with Crippen molar-refractivity contribution in [3.05, 3.63) is 22.6 Å². The van der Waals surface area contributed by atoms with E-state index >= 15 is 0 Å². The van der Waals surface area contributed by atoms with Crippen LogP contribution >= 0.6 is 15.9 Å². The molecule has 0 bridgehead atoms. The summed E-state index contributed by atoms with van der Waals surface area (Å²) in [5.41, 5.74) is 0. The van der Waals surface area contributed by atoms with Crippen LogP contribution in [0.1, 0.15) is 51.3 Å². The molecule has 1 heterocycles. The van der Waals surface area contributed by atoms with Crippen molar-refractivity contribution in [2.45, 2.75) is 45.6 Å². The lowest BCUT2D eigenvalue weighted by atomic mass is 9.78. The van der Waals surface area contributed by atoms with Gasteiger partial charge in [0.05, 0.1) is 16.8 Å². The van der Waals surface area contributed by atoms with Crippen LogP contribution in [0.2, 0.25) is 0 Å². The maximum absolute atomic E-state index is 5.65. The lowest BCUT2D eigenvalue weighted by Gasteiger charge is -2.32. The Hall–Kier alpha value is -0.280. The summed E-state index contributed by atoms with van der Waals surface area (Å²) in [6, 6.07) is 2.36. The first-order chi connectivity index (χ1) is 8.22. The van der Waals surface area contributed by atoms with Crippen molar-refractivity contribution in [2.75, 3.05) is 6.54 Å². The predicted octanol–water partition coefficient (Wildman–Crippen LogP) is 4.52. The van der Waals surface area contributed by atoms with E-state index in [9.17, 15) is 0 Å². The van der Waals surface area contributed by atoms with Gasteiger partial charge in [0.25, 0.3) is 0 Å². The topological polar surface area (TPSA) is 25.2 Å². The van der Waals surface area contributed by atoms with Crippen LogP contribution in [-0.2, 0) is 0 Å². The van der Waals surface area contributed by atoms with Gasteiger partial charge in [-0.2, -0.15) is 0 Å². The highest BCUT2D eigenvalue weighted by Gasteiger charge is 2.29. The van der Waals surface area contributed by atoms with Crippen molar-refractivity contribution in [3.8, 4) is 0 Å². The molecule has 1 aromatic heterocycles. The second kappa shape index (κ2) is 6.05. The fourth-order valence-corrected chi connectivity index (χ4v) is 3.29. The Labute approximate surface area is 112 Å². The van der Waals surface area contributed by atoms with Crippen LogP contribution in [0.15, 0.2) is 21.2 Å². The Morgan fingerprint density at radius 2 is 2.12 bits per heavy atom. The minimum atomic E-state index is 0.372. The SMILES string of the molecule is CCNC(c1occc1Br)C1CCC(C)CC1. The molecular weight excluding hydrogens is 278 g/mol. The lowest BCUT2D eigenvalue weighted by molar-refractivity contribution is 0.213. The van der Waals surface area contributed by atoms with Crippen LogP contribution in [0.5, 0.6) is 0 Å². The molecule has 0 spiro atoms. The number of hydrogen-bond donors (Lipinski definition) is 1. The van der Waals surface area contributed by atoms with E-state index in [0.717, 1.165) is 22.7 Å². The van der Waals surface area contributed by atoms with Crippen LogP contribution in [-0.4, -0.2) is 6.54 Å². The van der Waals surface area contributed by atoms with E-state index < -0.39 is 0 Å². The third-order valence-electron chi connectivity index (χ3n) is 3.88. The van der Waals surface area contributed by atoms with Gasteiger partial charge in [0, 0.05) is 0 Å². The van der Waals surface area contributed by atoms with Crippen molar-refractivity contribution in [1.82, 2.24) is 5.32 Å². The van der Waals surface area contributed by atoms with Gasteiger partial charge in [-0.05, 0) is 53.2 Å². The van der Waals surface area contributed by atoms with Gasteiger partial charge >= 0.3 is 0 Å². The molecule has 1 aromatic rings. The van der Waals surface area contributed by atoms with E-state index in [0.29, 0.717) is 12.0 Å². The Bertz CT molecular complexity index is 342. The van der Waals surface area contributed by atoms with Gasteiger partial charge in [0.2, 0.25) is 0 Å². The average Bonchev–Trinajstić information content (AvgIpc) is 2.74. The largest absolute Gasteiger partial charge is 0.466 e. The fourth-order valence-electron chi connectivity index (χ4n) is 2.84. The third-order valence-corrected chi connectivity index (χ3v) is 4.54. The van der Waals surface area contributed by atoms with Crippen molar-refractivity contribution < 1.29 is 4.42 Å². The summed E-state index contributed by atoms with van der Waals surface area (Å²) in [7, 11) is 0. The van der Waals surface area contributed by atoms with Crippen LogP contribution in [0.3, 0.4) is 0 Å². The summed E-state index contributed by atoms with van der Waals surface area (Å²) >= 11 is 3.58. The molecular formula is C14H22BrNO. The molecule has 1 atom stereocenters. The molecule has 1 N–H and O–H groups in total. The molecule has 0 radical (unpaired) electrons. The van der Waals surface area contributed by atoms with Crippen LogP contribution < -0.4 is 5.32 Å². The quantitative estimate of drug-likeness (QED) is 0.884. The maximum Gasteiger partial charge on any atom is 0.135 e. The predicted molar refractivity (Wildman–Crippen MR) is 73.9 cm³/mol. The zero-order chi connectivity index (χ0) is 12.3. The summed E-state index contributed by atoms with van der Waals surface area (Å²) in [6.07, 6.45) is 7.10. The van der Waals surface area contributed by atoms with Gasteiger partial charge in [0.1, 0.15) is 5.76 Å². The summed E-state index contributed by atoms with van der Waals surface area (Å²) in [5.74, 6) is 2.69. The lowest BCUT2D eigenvalue weighted by Crippen LogP contribution is -2.30. The van der Waals surface area contributed by atoms with Gasteiger partial charge in [-0.3, -0.25) is 0 Å². The van der Waals surface area contributed by atoms with Crippen molar-refractivity contribution in [3.63, 3.8) is 0 Å². The Morgan fingerprint density at radius 1 is 1.41 bits per heavy atom. The van der Waals surface area contributed by atoms with E-state index in [1.54, 1.807) is 6.26 Å². The molecule has 2 rings (SSSR count). The third kappa shape index (κ3) is 3.14. The Morgan fingerprint density at radius 3 is 2.65 bits per heavy atom. The highest BCUT2D eigenvalue weighted by Crippen LogP contribution is 2.39. The zero-order valence-electron chi connectivity index (χ0n) is 10.7. The molecule has 3 heteroatoms. The van der Waals surface area contributed by atoms with E-state index in [1.807, 2.05) is 6.07 Å². The molecule has 0 amide bonds. The Balaban J connectivity index is 2.09. The monoisotopic (exact) mass is 299 g/mol. The molecule has 96 valence electrons. The molecule has 1 unspecified atom stereocenters. The highest BCUT2D eigenvalue weighted by atomic mass is 79.9. The van der Waals surface area contributed by atoms with Crippen molar-refractivity contribution >= 4 is 15.9 Å². The zero-order valence-corrected chi connectivity index (χ0v) is 12.3.